The molecule has 1 fully saturated rings. The van der Waals surface area contributed by atoms with Crippen molar-refractivity contribution in [2.75, 3.05) is 26.7 Å². The number of nitrogens with one attached hydrogen (secondary N) is 1. The second-order valence-electron chi connectivity index (χ2n) is 5.54. The maximum absolute atomic E-state index is 5.41. The fourth-order valence-electron chi connectivity index (χ4n) is 2.77. The third-order valence-electron chi connectivity index (χ3n) is 3.96. The first-order chi connectivity index (χ1) is 9.20. The molecule has 19 heavy (non-hydrogen) atoms. The van der Waals surface area contributed by atoms with Crippen LogP contribution in [0.5, 0.6) is 5.75 Å². The molecule has 0 radical (unpaired) electrons. The summed E-state index contributed by atoms with van der Waals surface area (Å²) in [7, 11) is 1.74. The van der Waals surface area contributed by atoms with E-state index in [1.165, 1.54) is 37.1 Å². The van der Waals surface area contributed by atoms with E-state index < -0.39 is 0 Å². The van der Waals surface area contributed by atoms with Crippen molar-refractivity contribution in [1.29, 1.82) is 0 Å². The van der Waals surface area contributed by atoms with Crippen LogP contribution in [0, 0.1) is 6.92 Å². The fraction of sp³-hybridized carbons (Fsp3) is 0.625. The number of rotatable bonds is 6. The summed E-state index contributed by atoms with van der Waals surface area (Å²) in [5, 5.41) is 3.56. The van der Waals surface area contributed by atoms with E-state index in [4.69, 9.17) is 4.74 Å². The molecule has 1 atom stereocenters. The van der Waals surface area contributed by atoms with Gasteiger partial charge in [-0.1, -0.05) is 17.7 Å². The molecule has 0 aromatic heterocycles. The number of benzene rings is 1. The van der Waals surface area contributed by atoms with Crippen molar-refractivity contribution in [3.8, 4) is 5.75 Å². The van der Waals surface area contributed by atoms with Gasteiger partial charge in [0.25, 0.3) is 0 Å². The molecule has 2 rings (SSSR count). The molecule has 1 unspecified atom stereocenters. The maximum Gasteiger partial charge on any atom is 0.123 e. The Morgan fingerprint density at radius 2 is 2.05 bits per heavy atom. The first-order valence-corrected chi connectivity index (χ1v) is 7.29. The summed E-state index contributed by atoms with van der Waals surface area (Å²) in [5.74, 6) is 0.979. The lowest BCUT2D eigenvalue weighted by atomic mass is 10.1. The molecule has 1 aliphatic rings. The van der Waals surface area contributed by atoms with Crippen LogP contribution in [0.2, 0.25) is 0 Å². The topological polar surface area (TPSA) is 24.5 Å². The lowest BCUT2D eigenvalue weighted by molar-refractivity contribution is 0.251. The molecule has 3 nitrogen and oxygen atoms in total. The van der Waals surface area contributed by atoms with Crippen LogP contribution in [-0.4, -0.2) is 37.7 Å². The molecule has 0 amide bonds. The smallest absolute Gasteiger partial charge is 0.123 e. The van der Waals surface area contributed by atoms with Gasteiger partial charge in [0, 0.05) is 24.7 Å². The number of aryl methyl sites for hydroxylation is 1. The van der Waals surface area contributed by atoms with Gasteiger partial charge in [-0.3, -0.25) is 4.90 Å². The molecule has 1 aliphatic heterocycles. The molecule has 0 spiro atoms. The van der Waals surface area contributed by atoms with Crippen molar-refractivity contribution < 1.29 is 4.74 Å². The van der Waals surface area contributed by atoms with E-state index in [1.54, 1.807) is 7.11 Å². The fourth-order valence-corrected chi connectivity index (χ4v) is 2.77. The van der Waals surface area contributed by atoms with Crippen molar-refractivity contribution >= 4 is 0 Å². The van der Waals surface area contributed by atoms with Crippen molar-refractivity contribution in [3.63, 3.8) is 0 Å². The van der Waals surface area contributed by atoms with E-state index in [0.717, 1.165) is 18.8 Å². The van der Waals surface area contributed by atoms with E-state index in [2.05, 4.69) is 42.3 Å². The summed E-state index contributed by atoms with van der Waals surface area (Å²) in [4.78, 5) is 2.57. The Labute approximate surface area is 116 Å². The number of likely N-dealkylation sites (tertiary alicyclic amines) is 1. The Morgan fingerprint density at radius 3 is 2.74 bits per heavy atom. The van der Waals surface area contributed by atoms with E-state index >= 15 is 0 Å². The molecule has 0 bridgehead atoms. The highest BCUT2D eigenvalue weighted by molar-refractivity contribution is 5.36. The second-order valence-corrected chi connectivity index (χ2v) is 5.54. The number of hydrogen-bond acceptors (Lipinski definition) is 3. The molecule has 1 aromatic rings. The highest BCUT2D eigenvalue weighted by Crippen LogP contribution is 2.19. The molecule has 1 N–H and O–H groups in total. The minimum atomic E-state index is 0.623. The first-order valence-electron chi connectivity index (χ1n) is 7.29. The molecule has 0 saturated carbocycles. The Balaban J connectivity index is 1.83. The van der Waals surface area contributed by atoms with Crippen molar-refractivity contribution in [3.05, 3.63) is 29.3 Å². The maximum atomic E-state index is 5.41. The van der Waals surface area contributed by atoms with Gasteiger partial charge in [-0.2, -0.15) is 0 Å². The van der Waals surface area contributed by atoms with Gasteiger partial charge in [-0.05, 0) is 45.8 Å². The van der Waals surface area contributed by atoms with Gasteiger partial charge in [-0.25, -0.2) is 0 Å². The van der Waals surface area contributed by atoms with E-state index in [1.807, 2.05) is 0 Å². The highest BCUT2D eigenvalue weighted by Gasteiger charge is 2.17. The second kappa shape index (κ2) is 6.92. The molecule has 1 heterocycles. The zero-order valence-electron chi connectivity index (χ0n) is 12.4. The quantitative estimate of drug-likeness (QED) is 0.853. The average Bonchev–Trinajstić information content (AvgIpc) is 2.93. The van der Waals surface area contributed by atoms with Crippen LogP contribution in [0.25, 0.3) is 0 Å². The Hall–Kier alpha value is -1.06. The summed E-state index contributed by atoms with van der Waals surface area (Å²) in [6.45, 7) is 8.87. The number of hydrogen-bond donors (Lipinski definition) is 1. The summed E-state index contributed by atoms with van der Waals surface area (Å²) in [5.41, 5.74) is 2.53. The lowest BCUT2D eigenvalue weighted by Crippen LogP contribution is -2.38. The normalized spacial score (nSPS) is 17.6. The van der Waals surface area contributed by atoms with Crippen LogP contribution < -0.4 is 10.1 Å². The van der Waals surface area contributed by atoms with Crippen molar-refractivity contribution in [2.24, 2.45) is 0 Å². The zero-order valence-corrected chi connectivity index (χ0v) is 12.4. The molecular weight excluding hydrogens is 236 g/mol. The monoisotopic (exact) mass is 262 g/mol. The van der Waals surface area contributed by atoms with Crippen LogP contribution >= 0.6 is 0 Å². The van der Waals surface area contributed by atoms with Gasteiger partial charge in [0.2, 0.25) is 0 Å². The predicted molar refractivity (Wildman–Crippen MR) is 79.7 cm³/mol. The third kappa shape index (κ3) is 3.95. The van der Waals surface area contributed by atoms with Crippen LogP contribution in [0.3, 0.4) is 0 Å². The van der Waals surface area contributed by atoms with E-state index in [9.17, 15) is 0 Å². The Bertz CT molecular complexity index is 400. The number of ether oxygens (including phenoxy) is 1. The largest absolute Gasteiger partial charge is 0.496 e. The summed E-state index contributed by atoms with van der Waals surface area (Å²) in [6.07, 6.45) is 2.71. The standard InChI is InChI=1S/C16H26N2O/c1-13-6-7-16(19-3)15(10-13)12-17-11-14(2)18-8-4-5-9-18/h6-7,10,14,17H,4-5,8-9,11-12H2,1-3H3. The van der Waals surface area contributed by atoms with Crippen LogP contribution in [-0.2, 0) is 6.54 Å². The van der Waals surface area contributed by atoms with Gasteiger partial charge < -0.3 is 10.1 Å². The average molecular weight is 262 g/mol. The first kappa shape index (κ1) is 14.4. The molecule has 0 aliphatic carbocycles. The van der Waals surface area contributed by atoms with Crippen LogP contribution in [0.1, 0.15) is 30.9 Å². The Kier molecular flexibility index (Phi) is 5.23. The molecular formula is C16H26N2O. The van der Waals surface area contributed by atoms with Gasteiger partial charge in [-0.15, -0.1) is 0 Å². The lowest BCUT2D eigenvalue weighted by Gasteiger charge is -2.24. The molecule has 106 valence electrons. The Morgan fingerprint density at radius 1 is 1.32 bits per heavy atom. The summed E-state index contributed by atoms with van der Waals surface area (Å²) < 4.78 is 5.41. The van der Waals surface area contributed by atoms with Gasteiger partial charge in [0.1, 0.15) is 5.75 Å². The predicted octanol–water partition coefficient (Wildman–Crippen LogP) is 2.58. The third-order valence-corrected chi connectivity index (χ3v) is 3.96. The number of methoxy groups -OCH3 is 1. The number of nitrogens with zero attached hydrogens (tertiary/aromatic N) is 1. The van der Waals surface area contributed by atoms with Crippen molar-refractivity contribution in [2.45, 2.75) is 39.3 Å². The van der Waals surface area contributed by atoms with Gasteiger partial charge >= 0.3 is 0 Å². The minimum Gasteiger partial charge on any atom is -0.496 e. The van der Waals surface area contributed by atoms with Crippen LogP contribution in [0.4, 0.5) is 0 Å². The highest BCUT2D eigenvalue weighted by atomic mass is 16.5. The molecule has 1 saturated heterocycles. The molecule has 1 aromatic carbocycles. The summed E-state index contributed by atoms with van der Waals surface area (Å²) in [6, 6.07) is 6.97. The zero-order chi connectivity index (χ0) is 13.7. The summed E-state index contributed by atoms with van der Waals surface area (Å²) >= 11 is 0. The van der Waals surface area contributed by atoms with Gasteiger partial charge in [0.15, 0.2) is 0 Å². The van der Waals surface area contributed by atoms with Crippen molar-refractivity contribution in [1.82, 2.24) is 10.2 Å². The van der Waals surface area contributed by atoms with Gasteiger partial charge in [0.05, 0.1) is 7.11 Å². The minimum absolute atomic E-state index is 0.623. The van der Waals surface area contributed by atoms with Crippen LogP contribution in [0.15, 0.2) is 18.2 Å². The molecule has 3 heteroatoms. The SMILES string of the molecule is COc1ccc(C)cc1CNCC(C)N1CCCC1. The van der Waals surface area contributed by atoms with E-state index in [0.29, 0.717) is 6.04 Å². The van der Waals surface area contributed by atoms with E-state index in [-0.39, 0.29) is 0 Å².